The van der Waals surface area contributed by atoms with Gasteiger partial charge < -0.3 is 0 Å². The largest absolute Gasteiger partial charge is 0.294 e. The maximum Gasteiger partial charge on any atom is 0.236 e. The molecule has 0 bridgehead atoms. The molecule has 11 heavy (non-hydrogen) atoms. The third-order valence-electron chi connectivity index (χ3n) is 2.66. The molecule has 1 amide bonds. The minimum atomic E-state index is -0.0168. The van der Waals surface area contributed by atoms with Crippen molar-refractivity contribution in [2.45, 2.75) is 32.6 Å². The minimum absolute atomic E-state index is 0.0168. The van der Waals surface area contributed by atoms with Crippen LogP contribution in [0.15, 0.2) is 0 Å². The summed E-state index contributed by atoms with van der Waals surface area (Å²) in [6, 6.07) is 0. The highest BCUT2D eigenvalue weighted by molar-refractivity contribution is 5.77. The van der Waals surface area contributed by atoms with Gasteiger partial charge in [0, 0.05) is 5.92 Å². The maximum atomic E-state index is 11.1. The average molecular weight is 156 g/mol. The van der Waals surface area contributed by atoms with Crippen LogP contribution in [0.3, 0.4) is 0 Å². The van der Waals surface area contributed by atoms with Crippen LogP contribution in [-0.2, 0) is 4.79 Å². The summed E-state index contributed by atoms with van der Waals surface area (Å²) in [6.07, 6.45) is 4.92. The van der Waals surface area contributed by atoms with E-state index >= 15 is 0 Å². The zero-order valence-electron chi connectivity index (χ0n) is 6.97. The summed E-state index contributed by atoms with van der Waals surface area (Å²) in [7, 11) is 0. The van der Waals surface area contributed by atoms with E-state index in [-0.39, 0.29) is 11.8 Å². The highest BCUT2D eigenvalue weighted by Crippen LogP contribution is 2.30. The Morgan fingerprint density at radius 1 is 1.55 bits per heavy atom. The van der Waals surface area contributed by atoms with E-state index in [4.69, 9.17) is 5.84 Å². The minimum Gasteiger partial charge on any atom is -0.294 e. The van der Waals surface area contributed by atoms with Crippen molar-refractivity contribution < 1.29 is 4.79 Å². The lowest BCUT2D eigenvalue weighted by Crippen LogP contribution is -2.37. The van der Waals surface area contributed by atoms with Gasteiger partial charge in [0.2, 0.25) is 5.91 Å². The first-order valence-corrected chi connectivity index (χ1v) is 4.26. The molecule has 0 aromatic carbocycles. The number of nitrogens with two attached hydrogens (primary N) is 1. The molecule has 3 nitrogen and oxygen atoms in total. The van der Waals surface area contributed by atoms with Crippen molar-refractivity contribution in [2.75, 3.05) is 0 Å². The second-order valence-corrected chi connectivity index (χ2v) is 3.34. The van der Waals surface area contributed by atoms with Gasteiger partial charge in [0.25, 0.3) is 0 Å². The Morgan fingerprint density at radius 3 is 2.55 bits per heavy atom. The molecule has 0 aromatic rings. The molecular weight excluding hydrogens is 140 g/mol. The van der Waals surface area contributed by atoms with Crippen LogP contribution < -0.4 is 11.3 Å². The molecule has 64 valence electrons. The van der Waals surface area contributed by atoms with Crippen molar-refractivity contribution in [3.8, 4) is 0 Å². The van der Waals surface area contributed by atoms with Crippen molar-refractivity contribution in [3.63, 3.8) is 0 Å². The van der Waals surface area contributed by atoms with Crippen LogP contribution >= 0.6 is 0 Å². The molecule has 3 heteroatoms. The van der Waals surface area contributed by atoms with Crippen molar-refractivity contribution in [1.29, 1.82) is 0 Å². The number of carbonyl (C=O) groups is 1. The van der Waals surface area contributed by atoms with E-state index in [9.17, 15) is 4.79 Å². The second kappa shape index (κ2) is 3.72. The zero-order valence-corrected chi connectivity index (χ0v) is 6.97. The highest BCUT2D eigenvalue weighted by Gasteiger charge is 2.25. The average Bonchev–Trinajstić information content (AvgIpc) is 2.53. The number of hydrogen-bond acceptors (Lipinski definition) is 2. The van der Waals surface area contributed by atoms with Gasteiger partial charge in [0.05, 0.1) is 0 Å². The molecule has 0 aromatic heterocycles. The SMILES string of the molecule is CC(C(=O)NN)C1CCCC1. The van der Waals surface area contributed by atoms with E-state index in [1.54, 1.807) is 0 Å². The summed E-state index contributed by atoms with van der Waals surface area (Å²) in [4.78, 5) is 11.1. The van der Waals surface area contributed by atoms with Gasteiger partial charge >= 0.3 is 0 Å². The van der Waals surface area contributed by atoms with Crippen LogP contribution in [0, 0.1) is 11.8 Å². The molecular formula is C8H16N2O. The number of carbonyl (C=O) groups excluding carboxylic acids is 1. The summed E-state index contributed by atoms with van der Waals surface area (Å²) in [5, 5.41) is 0. The molecule has 1 rings (SSSR count). The monoisotopic (exact) mass is 156 g/mol. The van der Waals surface area contributed by atoms with Gasteiger partial charge in [0.15, 0.2) is 0 Å². The fourth-order valence-corrected chi connectivity index (χ4v) is 1.80. The quantitative estimate of drug-likeness (QED) is 0.353. The summed E-state index contributed by atoms with van der Waals surface area (Å²) in [6.45, 7) is 1.96. The Bertz CT molecular complexity index is 141. The summed E-state index contributed by atoms with van der Waals surface area (Å²) < 4.78 is 0. The van der Waals surface area contributed by atoms with E-state index in [0.29, 0.717) is 5.92 Å². The third kappa shape index (κ3) is 1.93. The van der Waals surface area contributed by atoms with Gasteiger partial charge in [-0.05, 0) is 18.8 Å². The number of hydrazine groups is 1. The van der Waals surface area contributed by atoms with E-state index in [2.05, 4.69) is 5.43 Å². The van der Waals surface area contributed by atoms with Crippen molar-refractivity contribution in [3.05, 3.63) is 0 Å². The van der Waals surface area contributed by atoms with E-state index < -0.39 is 0 Å². The number of amides is 1. The molecule has 0 aliphatic heterocycles. The fourth-order valence-electron chi connectivity index (χ4n) is 1.80. The Labute approximate surface area is 67.3 Å². The van der Waals surface area contributed by atoms with Gasteiger partial charge in [-0.1, -0.05) is 19.8 Å². The van der Waals surface area contributed by atoms with Crippen molar-refractivity contribution in [2.24, 2.45) is 17.7 Å². The van der Waals surface area contributed by atoms with E-state index in [1.165, 1.54) is 25.7 Å². The number of hydrogen-bond donors (Lipinski definition) is 2. The van der Waals surface area contributed by atoms with Crippen LogP contribution in [0.4, 0.5) is 0 Å². The van der Waals surface area contributed by atoms with Gasteiger partial charge in [-0.3, -0.25) is 10.2 Å². The summed E-state index contributed by atoms with van der Waals surface area (Å²) >= 11 is 0. The Balaban J connectivity index is 2.39. The molecule has 1 saturated carbocycles. The van der Waals surface area contributed by atoms with Crippen molar-refractivity contribution >= 4 is 5.91 Å². The van der Waals surface area contributed by atoms with Crippen LogP contribution in [0.5, 0.6) is 0 Å². The highest BCUT2D eigenvalue weighted by atomic mass is 16.2. The fraction of sp³-hybridized carbons (Fsp3) is 0.875. The molecule has 1 aliphatic rings. The van der Waals surface area contributed by atoms with Crippen LogP contribution in [0.25, 0.3) is 0 Å². The zero-order chi connectivity index (χ0) is 8.27. The van der Waals surface area contributed by atoms with Gasteiger partial charge in [0.1, 0.15) is 0 Å². The summed E-state index contributed by atoms with van der Waals surface area (Å²) in [5.41, 5.74) is 2.20. The van der Waals surface area contributed by atoms with Crippen LogP contribution in [-0.4, -0.2) is 5.91 Å². The number of nitrogens with one attached hydrogen (secondary N) is 1. The van der Waals surface area contributed by atoms with E-state index in [0.717, 1.165) is 0 Å². The Kier molecular flexibility index (Phi) is 2.88. The molecule has 0 radical (unpaired) electrons. The predicted molar refractivity (Wildman–Crippen MR) is 43.5 cm³/mol. The normalized spacial score (nSPS) is 21.6. The van der Waals surface area contributed by atoms with Crippen LogP contribution in [0.1, 0.15) is 32.6 Å². The predicted octanol–water partition coefficient (Wildman–Crippen LogP) is 0.803. The summed E-state index contributed by atoms with van der Waals surface area (Å²) in [5.74, 6) is 5.69. The molecule has 1 unspecified atom stereocenters. The lowest BCUT2D eigenvalue weighted by Gasteiger charge is -2.15. The van der Waals surface area contributed by atoms with Crippen molar-refractivity contribution in [1.82, 2.24) is 5.43 Å². The molecule has 0 saturated heterocycles. The maximum absolute atomic E-state index is 11.1. The lowest BCUT2D eigenvalue weighted by atomic mass is 9.92. The molecule has 0 heterocycles. The van der Waals surface area contributed by atoms with Gasteiger partial charge in [-0.15, -0.1) is 0 Å². The number of rotatable bonds is 2. The smallest absolute Gasteiger partial charge is 0.236 e. The first-order valence-electron chi connectivity index (χ1n) is 4.26. The first-order chi connectivity index (χ1) is 5.25. The van der Waals surface area contributed by atoms with Gasteiger partial charge in [-0.25, -0.2) is 5.84 Å². The standard InChI is InChI=1S/C8H16N2O/c1-6(8(11)10-9)7-4-2-3-5-7/h6-7H,2-5,9H2,1H3,(H,10,11). The second-order valence-electron chi connectivity index (χ2n) is 3.34. The molecule has 1 atom stereocenters. The van der Waals surface area contributed by atoms with Crippen LogP contribution in [0.2, 0.25) is 0 Å². The molecule has 0 spiro atoms. The Morgan fingerprint density at radius 2 is 2.09 bits per heavy atom. The molecule has 3 N–H and O–H groups in total. The first kappa shape index (κ1) is 8.53. The van der Waals surface area contributed by atoms with E-state index in [1.807, 2.05) is 6.92 Å². The molecule has 1 aliphatic carbocycles. The lowest BCUT2D eigenvalue weighted by molar-refractivity contribution is -0.126. The van der Waals surface area contributed by atoms with Gasteiger partial charge in [-0.2, -0.15) is 0 Å². The third-order valence-corrected chi connectivity index (χ3v) is 2.66. The topological polar surface area (TPSA) is 55.1 Å². The Hall–Kier alpha value is -0.570. The molecule has 1 fully saturated rings.